The largest absolute Gasteiger partial charge is 0.497 e. The molecule has 41 heavy (non-hydrogen) atoms. The first kappa shape index (κ1) is 29.3. The third kappa shape index (κ3) is 8.63. The van der Waals surface area contributed by atoms with Crippen molar-refractivity contribution in [3.8, 4) is 11.5 Å². The van der Waals surface area contributed by atoms with Crippen LogP contribution >= 0.6 is 27.5 Å². The van der Waals surface area contributed by atoms with Gasteiger partial charge in [0.25, 0.3) is 11.8 Å². The van der Waals surface area contributed by atoms with E-state index in [1.165, 1.54) is 25.5 Å². The van der Waals surface area contributed by atoms with E-state index >= 15 is 0 Å². The molecule has 0 aromatic heterocycles. The lowest BCUT2D eigenvalue weighted by molar-refractivity contribution is -0.128. The SMILES string of the molecule is COc1cccc(C(=O)Nc2cccc(C(=O)NN=Cc3cc(Br)ccc3OC(=O)/C=C/c3ccc(Cl)cc3)c2)c1. The average Bonchev–Trinajstić information content (AvgIpc) is 2.98. The number of ether oxygens (including phenoxy) is 2. The number of nitrogens with one attached hydrogen (secondary N) is 2. The number of anilines is 1. The van der Waals surface area contributed by atoms with E-state index in [9.17, 15) is 14.4 Å². The Kier molecular flexibility index (Phi) is 10.0. The first-order valence-corrected chi connectivity index (χ1v) is 13.3. The standard InChI is InChI=1S/C31H23BrClN3O5/c1-40-27-7-3-5-22(18-27)30(38)35-26-6-2-4-21(17-26)31(39)36-34-19-23-16-24(32)11-14-28(23)41-29(37)15-10-20-8-12-25(33)13-9-20/h2-19H,1H3,(H,35,38)(H,36,39)/b15-10+,34-19?. The van der Waals surface area contributed by atoms with Crippen molar-refractivity contribution in [2.24, 2.45) is 5.10 Å². The lowest BCUT2D eigenvalue weighted by Gasteiger charge is -2.08. The topological polar surface area (TPSA) is 106 Å². The number of hydrogen-bond donors (Lipinski definition) is 2. The normalized spacial score (nSPS) is 10.9. The van der Waals surface area contributed by atoms with Crippen LogP contribution < -0.4 is 20.2 Å². The summed E-state index contributed by atoms with van der Waals surface area (Å²) in [6, 6.07) is 25.2. The molecule has 0 heterocycles. The van der Waals surface area contributed by atoms with Crippen LogP contribution in [0, 0.1) is 0 Å². The van der Waals surface area contributed by atoms with Gasteiger partial charge in [-0.05, 0) is 78.4 Å². The summed E-state index contributed by atoms with van der Waals surface area (Å²) in [6.07, 6.45) is 4.27. The number of carbonyl (C=O) groups is 3. The van der Waals surface area contributed by atoms with Crippen LogP contribution in [0.3, 0.4) is 0 Å². The number of hydrazone groups is 1. The predicted octanol–water partition coefficient (Wildman–Crippen LogP) is 6.75. The molecule has 4 aromatic rings. The Bertz CT molecular complexity index is 1640. The summed E-state index contributed by atoms with van der Waals surface area (Å²) in [5.74, 6) is -0.633. The fourth-order valence-electron chi connectivity index (χ4n) is 3.52. The van der Waals surface area contributed by atoms with Gasteiger partial charge in [-0.1, -0.05) is 51.8 Å². The molecule has 206 valence electrons. The molecular formula is C31H23BrClN3O5. The van der Waals surface area contributed by atoms with E-state index in [-0.39, 0.29) is 17.2 Å². The van der Waals surface area contributed by atoms with Crippen molar-refractivity contribution in [2.75, 3.05) is 12.4 Å². The second kappa shape index (κ2) is 14.1. The summed E-state index contributed by atoms with van der Waals surface area (Å²) in [7, 11) is 1.52. The number of halogens is 2. The Morgan fingerprint density at radius 2 is 1.61 bits per heavy atom. The third-order valence-electron chi connectivity index (χ3n) is 5.55. The fraction of sp³-hybridized carbons (Fsp3) is 0.0323. The molecule has 0 spiro atoms. The van der Waals surface area contributed by atoms with Crippen LogP contribution in [0.1, 0.15) is 31.8 Å². The second-order valence-corrected chi connectivity index (χ2v) is 9.81. The van der Waals surface area contributed by atoms with E-state index < -0.39 is 11.9 Å². The smallest absolute Gasteiger partial charge is 0.336 e. The minimum Gasteiger partial charge on any atom is -0.497 e. The molecule has 0 unspecified atom stereocenters. The first-order valence-electron chi connectivity index (χ1n) is 12.1. The summed E-state index contributed by atoms with van der Waals surface area (Å²) < 4.78 is 11.3. The Labute approximate surface area is 249 Å². The number of carbonyl (C=O) groups excluding carboxylic acids is 3. The Hall–Kier alpha value is -4.73. The molecule has 0 saturated heterocycles. The molecule has 0 atom stereocenters. The minimum atomic E-state index is -0.589. The van der Waals surface area contributed by atoms with E-state index in [4.69, 9.17) is 21.1 Å². The maximum absolute atomic E-state index is 12.7. The van der Waals surface area contributed by atoms with Crippen LogP contribution in [0.25, 0.3) is 6.08 Å². The molecule has 10 heteroatoms. The highest BCUT2D eigenvalue weighted by Crippen LogP contribution is 2.22. The van der Waals surface area contributed by atoms with Crippen LogP contribution in [-0.2, 0) is 4.79 Å². The van der Waals surface area contributed by atoms with Crippen molar-refractivity contribution in [3.63, 3.8) is 0 Å². The molecule has 8 nitrogen and oxygen atoms in total. The van der Waals surface area contributed by atoms with Gasteiger partial charge in [-0.2, -0.15) is 5.10 Å². The van der Waals surface area contributed by atoms with E-state index in [1.807, 2.05) is 0 Å². The van der Waals surface area contributed by atoms with E-state index in [1.54, 1.807) is 91.0 Å². The molecular weight excluding hydrogens is 610 g/mol. The van der Waals surface area contributed by atoms with Crippen LogP contribution in [0.4, 0.5) is 5.69 Å². The number of esters is 1. The maximum atomic E-state index is 12.7. The van der Waals surface area contributed by atoms with Crippen LogP contribution in [0.2, 0.25) is 5.02 Å². The Morgan fingerprint density at radius 1 is 0.878 bits per heavy atom. The maximum Gasteiger partial charge on any atom is 0.336 e. The van der Waals surface area contributed by atoms with Crippen molar-refractivity contribution in [1.29, 1.82) is 0 Å². The number of nitrogens with zero attached hydrogens (tertiary/aromatic N) is 1. The molecule has 0 fully saturated rings. The molecule has 2 amide bonds. The van der Waals surface area contributed by atoms with Crippen LogP contribution in [-0.4, -0.2) is 31.1 Å². The van der Waals surface area contributed by atoms with Crippen molar-refractivity contribution in [1.82, 2.24) is 5.43 Å². The van der Waals surface area contributed by atoms with Crippen molar-refractivity contribution in [3.05, 3.63) is 129 Å². The highest BCUT2D eigenvalue weighted by atomic mass is 79.9. The fourth-order valence-corrected chi connectivity index (χ4v) is 4.03. The quantitative estimate of drug-likeness (QED) is 0.0699. The number of rotatable bonds is 9. The van der Waals surface area contributed by atoms with Gasteiger partial charge in [0.1, 0.15) is 11.5 Å². The zero-order valence-corrected chi connectivity index (χ0v) is 24.0. The summed E-state index contributed by atoms with van der Waals surface area (Å²) >= 11 is 9.27. The predicted molar refractivity (Wildman–Crippen MR) is 163 cm³/mol. The number of amides is 2. The van der Waals surface area contributed by atoms with Crippen molar-refractivity contribution in [2.45, 2.75) is 0 Å². The van der Waals surface area contributed by atoms with Crippen LogP contribution in [0.5, 0.6) is 11.5 Å². The van der Waals surface area contributed by atoms with Gasteiger partial charge in [-0.25, -0.2) is 10.2 Å². The van der Waals surface area contributed by atoms with Gasteiger partial charge in [-0.15, -0.1) is 0 Å². The van der Waals surface area contributed by atoms with Crippen LogP contribution in [0.15, 0.2) is 107 Å². The Morgan fingerprint density at radius 3 is 2.37 bits per heavy atom. The number of benzene rings is 4. The lowest BCUT2D eigenvalue weighted by Crippen LogP contribution is -2.18. The van der Waals surface area contributed by atoms with Crippen molar-refractivity contribution >= 4 is 63.3 Å². The van der Waals surface area contributed by atoms with Gasteiger partial charge in [0, 0.05) is 37.9 Å². The van der Waals surface area contributed by atoms with Gasteiger partial charge < -0.3 is 14.8 Å². The van der Waals surface area contributed by atoms with Gasteiger partial charge >= 0.3 is 5.97 Å². The monoisotopic (exact) mass is 631 g/mol. The van der Waals surface area contributed by atoms with E-state index in [0.717, 1.165) is 10.0 Å². The molecule has 0 radical (unpaired) electrons. The molecule has 4 rings (SSSR count). The average molecular weight is 633 g/mol. The number of hydrogen-bond acceptors (Lipinski definition) is 6. The van der Waals surface area contributed by atoms with Gasteiger partial charge in [0.15, 0.2) is 0 Å². The lowest BCUT2D eigenvalue weighted by atomic mass is 10.1. The summed E-state index contributed by atoms with van der Waals surface area (Å²) in [5.41, 5.74) is 4.81. The second-order valence-electron chi connectivity index (χ2n) is 8.45. The molecule has 2 N–H and O–H groups in total. The minimum absolute atomic E-state index is 0.249. The Balaban J connectivity index is 1.39. The van der Waals surface area contributed by atoms with E-state index in [0.29, 0.717) is 27.6 Å². The molecule has 0 saturated carbocycles. The van der Waals surface area contributed by atoms with E-state index in [2.05, 4.69) is 31.8 Å². The molecule has 4 aromatic carbocycles. The molecule has 0 aliphatic rings. The van der Waals surface area contributed by atoms with Gasteiger partial charge in [0.2, 0.25) is 0 Å². The highest BCUT2D eigenvalue weighted by Gasteiger charge is 2.11. The zero-order valence-electron chi connectivity index (χ0n) is 21.6. The summed E-state index contributed by atoms with van der Waals surface area (Å²) in [6.45, 7) is 0. The third-order valence-corrected chi connectivity index (χ3v) is 6.29. The first-order chi connectivity index (χ1) is 19.8. The van der Waals surface area contributed by atoms with Gasteiger partial charge in [0.05, 0.1) is 13.3 Å². The van der Waals surface area contributed by atoms with Crippen molar-refractivity contribution < 1.29 is 23.9 Å². The summed E-state index contributed by atoms with van der Waals surface area (Å²) in [4.78, 5) is 37.7. The summed E-state index contributed by atoms with van der Waals surface area (Å²) in [5, 5.41) is 7.38. The highest BCUT2D eigenvalue weighted by molar-refractivity contribution is 9.10. The molecule has 0 aliphatic carbocycles. The molecule has 0 aliphatic heterocycles. The zero-order chi connectivity index (χ0) is 29.2. The van der Waals surface area contributed by atoms with Gasteiger partial charge in [-0.3, -0.25) is 9.59 Å². The number of methoxy groups -OCH3 is 1. The molecule has 0 bridgehead atoms.